The van der Waals surface area contributed by atoms with E-state index in [1.807, 2.05) is 0 Å². The maximum atomic E-state index is 9.98. The highest BCUT2D eigenvalue weighted by Crippen LogP contribution is 2.37. The van der Waals surface area contributed by atoms with Crippen molar-refractivity contribution in [3.8, 4) is 11.5 Å². The molecule has 0 bridgehead atoms. The Bertz CT molecular complexity index is 361. The Morgan fingerprint density at radius 3 is 2.28 bits per heavy atom. The summed E-state index contributed by atoms with van der Waals surface area (Å²) in [4.78, 5) is 0. The quantitative estimate of drug-likeness (QED) is 0.613. The van der Waals surface area contributed by atoms with Crippen molar-refractivity contribution in [1.82, 2.24) is 0 Å². The molecule has 1 aromatic carbocycles. The number of aliphatic hydroxyl groups is 1. The average Bonchev–Trinajstić information content (AvgIpc) is 2.39. The molecule has 0 saturated carbocycles. The van der Waals surface area contributed by atoms with Gasteiger partial charge in [-0.25, -0.2) is 0 Å². The molecule has 0 radical (unpaired) electrons. The summed E-state index contributed by atoms with van der Waals surface area (Å²) in [5, 5.41) is 9.98. The summed E-state index contributed by atoms with van der Waals surface area (Å²) in [6.45, 7) is 0.587. The molecule has 0 saturated heterocycles. The molecule has 0 fully saturated rings. The lowest BCUT2D eigenvalue weighted by atomic mass is 10.1. The number of aliphatic hydroxyl groups excluding tert-OH is 1. The monoisotopic (exact) mass is 338 g/mol. The molecule has 6 heteroatoms. The number of halogens is 2. The Labute approximate surface area is 120 Å². The second-order valence-electron chi connectivity index (χ2n) is 3.52. The molecule has 18 heavy (non-hydrogen) atoms. The van der Waals surface area contributed by atoms with Crippen LogP contribution in [0.3, 0.4) is 0 Å². The molecule has 1 aromatic rings. The van der Waals surface area contributed by atoms with E-state index in [0.29, 0.717) is 34.0 Å². The molecule has 0 aliphatic heterocycles. The van der Waals surface area contributed by atoms with Crippen molar-refractivity contribution in [2.75, 3.05) is 33.3 Å². The van der Waals surface area contributed by atoms with Gasteiger partial charge in [0.15, 0.2) is 0 Å². The third-order valence-electron chi connectivity index (χ3n) is 2.35. The number of hydrogen-bond donors (Lipinski definition) is 1. The van der Waals surface area contributed by atoms with Gasteiger partial charge < -0.3 is 19.3 Å². The van der Waals surface area contributed by atoms with E-state index in [1.54, 1.807) is 26.4 Å². The summed E-state index contributed by atoms with van der Waals surface area (Å²) in [6.07, 6.45) is -0.746. The maximum Gasteiger partial charge on any atom is 0.137 e. The number of ether oxygens (including phenoxy) is 3. The molecular weight excluding hydrogens is 323 g/mol. The minimum Gasteiger partial charge on any atom is -0.495 e. The summed E-state index contributed by atoms with van der Waals surface area (Å²) >= 11 is 8.86. The topological polar surface area (TPSA) is 47.9 Å². The van der Waals surface area contributed by atoms with Crippen molar-refractivity contribution >= 4 is 27.5 Å². The van der Waals surface area contributed by atoms with E-state index in [1.165, 1.54) is 0 Å². The Balaban J connectivity index is 2.87. The molecule has 1 N–H and O–H groups in total. The minimum atomic E-state index is -0.746. The maximum absolute atomic E-state index is 9.98. The first-order valence-corrected chi connectivity index (χ1v) is 6.70. The van der Waals surface area contributed by atoms with Crippen molar-refractivity contribution in [1.29, 1.82) is 0 Å². The standard InChI is InChI=1S/C12H16BrClO4/c1-16-10-5-8(6-11(17-2)12(10)13)9(15)7-18-4-3-14/h5-6,9,15H,3-4,7H2,1-2H3. The summed E-state index contributed by atoms with van der Waals surface area (Å²) < 4.78 is 16.3. The molecule has 0 amide bonds. The van der Waals surface area contributed by atoms with Crippen LogP contribution in [0, 0.1) is 0 Å². The van der Waals surface area contributed by atoms with Gasteiger partial charge in [-0.2, -0.15) is 0 Å². The number of hydrogen-bond acceptors (Lipinski definition) is 4. The van der Waals surface area contributed by atoms with Crippen LogP contribution in [0.2, 0.25) is 0 Å². The Morgan fingerprint density at radius 2 is 1.83 bits per heavy atom. The van der Waals surface area contributed by atoms with Crippen LogP contribution in [0.25, 0.3) is 0 Å². The van der Waals surface area contributed by atoms with Crippen LogP contribution in [0.4, 0.5) is 0 Å². The molecule has 0 heterocycles. The molecule has 1 unspecified atom stereocenters. The third kappa shape index (κ3) is 4.02. The Hall–Kier alpha value is -0.490. The normalized spacial score (nSPS) is 12.3. The Morgan fingerprint density at radius 1 is 1.28 bits per heavy atom. The van der Waals surface area contributed by atoms with Crippen LogP contribution in [-0.2, 0) is 4.74 Å². The van der Waals surface area contributed by atoms with Gasteiger partial charge in [-0.05, 0) is 33.6 Å². The fourth-order valence-corrected chi connectivity index (χ4v) is 2.09. The van der Waals surface area contributed by atoms with E-state index >= 15 is 0 Å². The van der Waals surface area contributed by atoms with Gasteiger partial charge in [0.05, 0.1) is 27.4 Å². The number of rotatable bonds is 7. The van der Waals surface area contributed by atoms with E-state index < -0.39 is 6.10 Å². The zero-order chi connectivity index (χ0) is 13.5. The van der Waals surface area contributed by atoms with Crippen LogP contribution < -0.4 is 9.47 Å². The summed E-state index contributed by atoms with van der Waals surface area (Å²) in [5.74, 6) is 1.60. The second kappa shape index (κ2) is 7.84. The van der Waals surface area contributed by atoms with Crippen LogP contribution >= 0.6 is 27.5 Å². The molecule has 1 atom stereocenters. The van der Waals surface area contributed by atoms with Gasteiger partial charge in [0.1, 0.15) is 22.1 Å². The van der Waals surface area contributed by atoms with Crippen molar-refractivity contribution in [3.63, 3.8) is 0 Å². The van der Waals surface area contributed by atoms with Crippen molar-refractivity contribution in [2.24, 2.45) is 0 Å². The van der Waals surface area contributed by atoms with Crippen molar-refractivity contribution < 1.29 is 19.3 Å². The molecule has 102 valence electrons. The van der Waals surface area contributed by atoms with E-state index in [2.05, 4.69) is 15.9 Å². The van der Waals surface area contributed by atoms with E-state index in [-0.39, 0.29) is 6.61 Å². The highest BCUT2D eigenvalue weighted by Gasteiger charge is 2.15. The minimum absolute atomic E-state index is 0.181. The first-order valence-electron chi connectivity index (χ1n) is 5.37. The predicted molar refractivity (Wildman–Crippen MR) is 73.7 cm³/mol. The predicted octanol–water partition coefficient (Wildman–Crippen LogP) is 2.76. The fraction of sp³-hybridized carbons (Fsp3) is 0.500. The smallest absolute Gasteiger partial charge is 0.137 e. The largest absolute Gasteiger partial charge is 0.495 e. The van der Waals surface area contributed by atoms with Crippen LogP contribution in [0.1, 0.15) is 11.7 Å². The highest BCUT2D eigenvalue weighted by atomic mass is 79.9. The number of benzene rings is 1. The van der Waals surface area contributed by atoms with Crippen molar-refractivity contribution in [3.05, 3.63) is 22.2 Å². The first-order chi connectivity index (χ1) is 8.63. The van der Waals surface area contributed by atoms with Crippen LogP contribution in [-0.4, -0.2) is 38.4 Å². The Kier molecular flexibility index (Phi) is 6.78. The summed E-state index contributed by atoms with van der Waals surface area (Å²) in [6, 6.07) is 3.47. The number of alkyl halides is 1. The molecule has 0 aliphatic rings. The van der Waals surface area contributed by atoms with Gasteiger partial charge in [-0.15, -0.1) is 11.6 Å². The van der Waals surface area contributed by atoms with Gasteiger partial charge in [-0.1, -0.05) is 0 Å². The highest BCUT2D eigenvalue weighted by molar-refractivity contribution is 9.10. The van der Waals surface area contributed by atoms with Gasteiger partial charge >= 0.3 is 0 Å². The molecule has 0 aliphatic carbocycles. The van der Waals surface area contributed by atoms with Gasteiger partial charge in [0.25, 0.3) is 0 Å². The van der Waals surface area contributed by atoms with Crippen LogP contribution in [0.5, 0.6) is 11.5 Å². The molecular formula is C12H16BrClO4. The lowest BCUT2D eigenvalue weighted by Crippen LogP contribution is -2.09. The zero-order valence-corrected chi connectivity index (χ0v) is 12.6. The van der Waals surface area contributed by atoms with Gasteiger partial charge in [0, 0.05) is 5.88 Å². The van der Waals surface area contributed by atoms with E-state index in [0.717, 1.165) is 0 Å². The third-order valence-corrected chi connectivity index (χ3v) is 3.29. The summed E-state index contributed by atoms with van der Waals surface area (Å²) in [5.41, 5.74) is 0.668. The molecule has 0 spiro atoms. The second-order valence-corrected chi connectivity index (χ2v) is 4.69. The van der Waals surface area contributed by atoms with E-state index in [4.69, 9.17) is 25.8 Å². The first kappa shape index (κ1) is 15.6. The fourth-order valence-electron chi connectivity index (χ4n) is 1.43. The van der Waals surface area contributed by atoms with Crippen molar-refractivity contribution in [2.45, 2.75) is 6.10 Å². The lowest BCUT2D eigenvalue weighted by Gasteiger charge is -2.15. The SMILES string of the molecule is COc1cc(C(O)COCCCl)cc(OC)c1Br. The molecule has 4 nitrogen and oxygen atoms in total. The summed E-state index contributed by atoms with van der Waals surface area (Å²) in [7, 11) is 3.11. The lowest BCUT2D eigenvalue weighted by molar-refractivity contribution is 0.0426. The van der Waals surface area contributed by atoms with Gasteiger partial charge in [-0.3, -0.25) is 0 Å². The zero-order valence-electron chi connectivity index (χ0n) is 10.3. The van der Waals surface area contributed by atoms with Crippen LogP contribution in [0.15, 0.2) is 16.6 Å². The molecule has 0 aromatic heterocycles. The molecule has 1 rings (SSSR count). The average molecular weight is 340 g/mol. The van der Waals surface area contributed by atoms with Gasteiger partial charge in [0.2, 0.25) is 0 Å². The van der Waals surface area contributed by atoms with E-state index in [9.17, 15) is 5.11 Å². The number of methoxy groups -OCH3 is 2.